The molecule has 2 heterocycles. The number of benzene rings is 2. The molecule has 2 amide bonds. The van der Waals surface area contributed by atoms with Gasteiger partial charge < -0.3 is 25.0 Å². The zero-order chi connectivity index (χ0) is 25.2. The van der Waals surface area contributed by atoms with E-state index in [1.807, 2.05) is 30.3 Å². The van der Waals surface area contributed by atoms with Gasteiger partial charge in [0.25, 0.3) is 5.91 Å². The molecule has 1 fully saturated rings. The van der Waals surface area contributed by atoms with Gasteiger partial charge in [0.1, 0.15) is 17.4 Å². The highest BCUT2D eigenvalue weighted by atomic mass is 35.5. The van der Waals surface area contributed by atoms with Gasteiger partial charge in [0.05, 0.1) is 13.2 Å². The van der Waals surface area contributed by atoms with E-state index < -0.39 is 11.9 Å². The lowest BCUT2D eigenvalue weighted by Gasteiger charge is -2.26. The first kappa shape index (κ1) is 25.6. The Hall–Kier alpha value is -3.46. The average Bonchev–Trinajstić information content (AvgIpc) is 3.20. The minimum absolute atomic E-state index is 0.0387. The van der Waals surface area contributed by atoms with Crippen LogP contribution in [0.2, 0.25) is 5.02 Å². The van der Waals surface area contributed by atoms with E-state index in [1.165, 1.54) is 6.20 Å². The van der Waals surface area contributed by atoms with Crippen molar-refractivity contribution in [2.45, 2.75) is 19.1 Å². The van der Waals surface area contributed by atoms with Gasteiger partial charge in [0, 0.05) is 30.9 Å². The summed E-state index contributed by atoms with van der Waals surface area (Å²) in [5.74, 6) is -0.0263. The number of ether oxygens (including phenoxy) is 2. The second-order valence-corrected chi connectivity index (χ2v) is 8.80. The molecule has 8 nitrogen and oxygen atoms in total. The number of rotatable bonds is 9. The topological polar surface area (TPSA) is 92.8 Å². The van der Waals surface area contributed by atoms with E-state index in [-0.39, 0.29) is 24.0 Å². The molecule has 9 heteroatoms. The van der Waals surface area contributed by atoms with Gasteiger partial charge in [0.15, 0.2) is 0 Å². The Bertz CT molecular complexity index is 1140. The number of hydrogen-bond donors (Lipinski definition) is 2. The highest BCUT2D eigenvalue weighted by Gasteiger charge is 2.28. The molecule has 0 radical (unpaired) electrons. The summed E-state index contributed by atoms with van der Waals surface area (Å²) < 4.78 is 11.7. The number of aromatic nitrogens is 1. The van der Waals surface area contributed by atoms with Crippen LogP contribution >= 0.6 is 11.6 Å². The summed E-state index contributed by atoms with van der Waals surface area (Å²) in [4.78, 5) is 32.7. The lowest BCUT2D eigenvalue weighted by Crippen LogP contribution is -2.51. The normalized spacial score (nSPS) is 14.5. The monoisotopic (exact) mass is 508 g/mol. The second kappa shape index (κ2) is 13.0. The van der Waals surface area contributed by atoms with E-state index in [2.05, 4.69) is 15.6 Å². The number of nitrogens with one attached hydrogen (secondary N) is 2. The average molecular weight is 509 g/mol. The second-order valence-electron chi connectivity index (χ2n) is 8.37. The summed E-state index contributed by atoms with van der Waals surface area (Å²) in [7, 11) is 0. The van der Waals surface area contributed by atoms with Gasteiger partial charge >= 0.3 is 0 Å². The van der Waals surface area contributed by atoms with Crippen LogP contribution in [0, 0.1) is 0 Å². The van der Waals surface area contributed by atoms with Crippen LogP contribution in [0.5, 0.6) is 11.6 Å². The third kappa shape index (κ3) is 7.27. The summed E-state index contributed by atoms with van der Waals surface area (Å²) in [5.41, 5.74) is 1.20. The van der Waals surface area contributed by atoms with Crippen LogP contribution in [-0.4, -0.2) is 60.5 Å². The Morgan fingerprint density at radius 1 is 1.03 bits per heavy atom. The molecule has 1 aliphatic rings. The minimum atomic E-state index is -0.858. The van der Waals surface area contributed by atoms with E-state index in [4.69, 9.17) is 21.1 Å². The molecule has 0 aliphatic carbocycles. The number of pyridine rings is 1. The Morgan fingerprint density at radius 2 is 1.83 bits per heavy atom. The summed E-state index contributed by atoms with van der Waals surface area (Å²) in [5, 5.41) is 6.72. The van der Waals surface area contributed by atoms with Crippen molar-refractivity contribution < 1.29 is 19.1 Å². The zero-order valence-corrected chi connectivity index (χ0v) is 20.6. The minimum Gasteiger partial charge on any atom is -0.438 e. The molecule has 0 spiro atoms. The summed E-state index contributed by atoms with van der Waals surface area (Å²) in [6.45, 7) is 3.12. The van der Waals surface area contributed by atoms with E-state index >= 15 is 0 Å². The van der Waals surface area contributed by atoms with Gasteiger partial charge in [-0.1, -0.05) is 41.9 Å². The van der Waals surface area contributed by atoms with Gasteiger partial charge in [-0.25, -0.2) is 4.98 Å². The molecular formula is C27H29ClN4O4. The van der Waals surface area contributed by atoms with Crippen LogP contribution in [0.1, 0.15) is 22.3 Å². The molecule has 4 rings (SSSR count). The Morgan fingerprint density at radius 3 is 2.64 bits per heavy atom. The van der Waals surface area contributed by atoms with Crippen molar-refractivity contribution in [2.24, 2.45) is 0 Å². The highest BCUT2D eigenvalue weighted by molar-refractivity contribution is 6.30. The molecule has 0 saturated carbocycles. The molecule has 2 N–H and O–H groups in total. The molecule has 1 aliphatic heterocycles. The van der Waals surface area contributed by atoms with Crippen LogP contribution < -0.4 is 15.4 Å². The van der Waals surface area contributed by atoms with Crippen LogP contribution in [-0.2, 0) is 16.1 Å². The lowest BCUT2D eigenvalue weighted by atomic mass is 10.2. The molecule has 2 aromatic carbocycles. The predicted octanol–water partition coefficient (Wildman–Crippen LogP) is 3.66. The van der Waals surface area contributed by atoms with Gasteiger partial charge in [-0.3, -0.25) is 9.59 Å². The summed E-state index contributed by atoms with van der Waals surface area (Å²) in [6.07, 6.45) is 2.39. The van der Waals surface area contributed by atoms with Crippen molar-refractivity contribution >= 4 is 23.4 Å². The Labute approximate surface area is 215 Å². The maximum Gasteiger partial charge on any atom is 0.257 e. The van der Waals surface area contributed by atoms with Crippen LogP contribution in [0.3, 0.4) is 0 Å². The van der Waals surface area contributed by atoms with Gasteiger partial charge in [-0.05, 0) is 54.9 Å². The van der Waals surface area contributed by atoms with Gasteiger partial charge in [-0.2, -0.15) is 0 Å². The molecule has 3 aromatic rings. The van der Waals surface area contributed by atoms with Crippen molar-refractivity contribution in [2.75, 3.05) is 32.8 Å². The maximum atomic E-state index is 13.4. The highest BCUT2D eigenvalue weighted by Crippen LogP contribution is 2.24. The van der Waals surface area contributed by atoms with Gasteiger partial charge in [-0.15, -0.1) is 0 Å². The first-order valence-corrected chi connectivity index (χ1v) is 12.3. The Kier molecular flexibility index (Phi) is 9.27. The number of carbonyl (C=O) groups is 2. The number of carbonyl (C=O) groups excluding carboxylic acids is 2. The maximum absolute atomic E-state index is 13.4. The predicted molar refractivity (Wildman–Crippen MR) is 137 cm³/mol. The van der Waals surface area contributed by atoms with Crippen molar-refractivity contribution in [3.8, 4) is 11.6 Å². The van der Waals surface area contributed by atoms with Crippen LogP contribution in [0.4, 0.5) is 0 Å². The molecule has 0 bridgehead atoms. The smallest absolute Gasteiger partial charge is 0.257 e. The number of halogens is 1. The lowest BCUT2D eigenvalue weighted by molar-refractivity contribution is -0.134. The third-order valence-corrected chi connectivity index (χ3v) is 5.95. The quantitative estimate of drug-likeness (QED) is 0.458. The van der Waals surface area contributed by atoms with Gasteiger partial charge in [0.2, 0.25) is 11.8 Å². The molecule has 188 valence electrons. The van der Waals surface area contributed by atoms with Crippen molar-refractivity contribution in [3.63, 3.8) is 0 Å². The van der Waals surface area contributed by atoms with Crippen LogP contribution in [0.25, 0.3) is 0 Å². The van der Waals surface area contributed by atoms with E-state index in [1.54, 1.807) is 41.3 Å². The Balaban J connectivity index is 1.48. The summed E-state index contributed by atoms with van der Waals surface area (Å²) >= 11 is 5.95. The number of nitrogens with zero attached hydrogens (tertiary/aromatic N) is 2. The first-order valence-electron chi connectivity index (χ1n) is 11.9. The van der Waals surface area contributed by atoms with Crippen molar-refractivity contribution in [1.29, 1.82) is 0 Å². The molecule has 36 heavy (non-hydrogen) atoms. The molecular weight excluding hydrogens is 480 g/mol. The van der Waals surface area contributed by atoms with Crippen molar-refractivity contribution in [1.82, 2.24) is 20.5 Å². The third-order valence-electron chi connectivity index (χ3n) is 5.70. The largest absolute Gasteiger partial charge is 0.438 e. The molecule has 1 aromatic heterocycles. The number of amides is 2. The standard InChI is InChI=1S/C27H29ClN4O4/c28-21-9-11-22(12-10-21)36-26-23(8-4-14-30-26)25(33)31-24(19-35-18-20-6-2-1-3-7-20)27(34)32-16-5-13-29-15-17-32/h1-4,6-12,14,24,29H,5,13,15-19H2,(H,31,33)/t24-/m0/s1. The zero-order valence-electron chi connectivity index (χ0n) is 19.9. The fraction of sp³-hybridized carbons (Fsp3) is 0.296. The van der Waals surface area contributed by atoms with Crippen molar-refractivity contribution in [3.05, 3.63) is 89.1 Å². The fourth-order valence-corrected chi connectivity index (χ4v) is 3.95. The molecule has 1 saturated heterocycles. The molecule has 1 atom stereocenters. The van der Waals surface area contributed by atoms with Crippen LogP contribution in [0.15, 0.2) is 72.9 Å². The van der Waals surface area contributed by atoms with E-state index in [0.717, 1.165) is 18.5 Å². The first-order chi connectivity index (χ1) is 17.6. The SMILES string of the molecule is O=C(N[C@@H](COCc1ccccc1)C(=O)N1CCCNCC1)c1cccnc1Oc1ccc(Cl)cc1. The fourth-order valence-electron chi connectivity index (χ4n) is 3.83. The number of hydrogen-bond acceptors (Lipinski definition) is 6. The van der Waals surface area contributed by atoms with E-state index in [0.29, 0.717) is 37.0 Å². The molecule has 0 unspecified atom stereocenters. The summed E-state index contributed by atoms with van der Waals surface area (Å²) in [6, 6.07) is 18.8. The van der Waals surface area contributed by atoms with E-state index in [9.17, 15) is 9.59 Å².